The van der Waals surface area contributed by atoms with Gasteiger partial charge in [0.25, 0.3) is 0 Å². The minimum absolute atomic E-state index is 0.340. The van der Waals surface area contributed by atoms with E-state index in [1.807, 2.05) is 30.3 Å². The Balaban J connectivity index is 0.00000155. The van der Waals surface area contributed by atoms with Crippen molar-refractivity contribution in [2.24, 2.45) is 0 Å². The topological polar surface area (TPSA) is 73.5 Å². The first-order valence-corrected chi connectivity index (χ1v) is 10.8. The molecule has 0 amide bonds. The lowest BCUT2D eigenvalue weighted by atomic mass is 10.2. The van der Waals surface area contributed by atoms with Crippen LogP contribution in [-0.2, 0) is 6.54 Å². The number of anilines is 2. The minimum Gasteiger partial charge on any atom is -0.497 e. The van der Waals surface area contributed by atoms with Crippen LogP contribution < -0.4 is 19.5 Å². The molecule has 0 aliphatic heterocycles. The van der Waals surface area contributed by atoms with E-state index in [-0.39, 0.29) is 0 Å². The number of benzene rings is 2. The van der Waals surface area contributed by atoms with Gasteiger partial charge in [0.05, 0.1) is 25.7 Å². The van der Waals surface area contributed by atoms with Crippen molar-refractivity contribution in [3.63, 3.8) is 0 Å². The lowest BCUT2D eigenvalue weighted by Crippen LogP contribution is -2.16. The molecule has 160 valence electrons. The summed E-state index contributed by atoms with van der Waals surface area (Å²) in [5, 5.41) is 0. The highest BCUT2D eigenvalue weighted by Crippen LogP contribution is 2.36. The van der Waals surface area contributed by atoms with Crippen LogP contribution in [0.1, 0.15) is 19.4 Å². The molecular formula is C21H24BrFN4O2S. The molecule has 0 atom stereocenters. The summed E-state index contributed by atoms with van der Waals surface area (Å²) in [6.45, 7) is 4.41. The van der Waals surface area contributed by atoms with Crippen molar-refractivity contribution in [1.29, 1.82) is 0 Å². The van der Waals surface area contributed by atoms with Crippen molar-refractivity contribution < 1.29 is 13.9 Å². The highest BCUT2D eigenvalue weighted by molar-refractivity contribution is 9.10. The van der Waals surface area contributed by atoms with Crippen LogP contribution in [0.25, 0.3) is 0 Å². The first-order valence-electron chi connectivity index (χ1n) is 9.18. The second-order valence-corrected chi connectivity index (χ2v) is 7.59. The summed E-state index contributed by atoms with van der Waals surface area (Å²) in [5.41, 5.74) is 6.99. The fourth-order valence-corrected chi connectivity index (χ4v) is 3.92. The summed E-state index contributed by atoms with van der Waals surface area (Å²) in [6, 6.07) is 10.3. The van der Waals surface area contributed by atoms with Crippen LogP contribution in [0.3, 0.4) is 0 Å². The third-order valence-electron chi connectivity index (χ3n) is 3.89. The van der Waals surface area contributed by atoms with Gasteiger partial charge in [-0.25, -0.2) is 14.4 Å². The number of nitrogen functional groups attached to an aromatic ring is 1. The van der Waals surface area contributed by atoms with Gasteiger partial charge < -0.3 is 15.2 Å². The maximum Gasteiger partial charge on any atom is 0.142 e. The predicted molar refractivity (Wildman–Crippen MR) is 123 cm³/mol. The quantitative estimate of drug-likeness (QED) is 0.332. The number of aromatic nitrogens is 2. The van der Waals surface area contributed by atoms with Gasteiger partial charge in [0.1, 0.15) is 29.5 Å². The molecule has 0 saturated heterocycles. The highest BCUT2D eigenvalue weighted by atomic mass is 79.9. The maximum absolute atomic E-state index is 14.5. The van der Waals surface area contributed by atoms with E-state index in [1.54, 1.807) is 38.6 Å². The molecule has 1 aromatic heterocycles. The molecule has 2 N–H and O–H groups in total. The fraction of sp³-hybridized carbons (Fsp3) is 0.238. The van der Waals surface area contributed by atoms with Crippen LogP contribution in [-0.4, -0.2) is 24.2 Å². The monoisotopic (exact) mass is 494 g/mol. The maximum atomic E-state index is 14.5. The van der Waals surface area contributed by atoms with Gasteiger partial charge in [-0.2, -0.15) is 0 Å². The summed E-state index contributed by atoms with van der Waals surface area (Å²) >= 11 is 4.56. The van der Waals surface area contributed by atoms with E-state index in [9.17, 15) is 4.39 Å². The largest absolute Gasteiger partial charge is 0.497 e. The molecule has 9 heteroatoms. The van der Waals surface area contributed by atoms with Gasteiger partial charge in [-0.3, -0.25) is 4.31 Å². The number of methoxy groups -OCH3 is 2. The van der Waals surface area contributed by atoms with E-state index < -0.39 is 5.82 Å². The Morgan fingerprint density at radius 3 is 2.53 bits per heavy atom. The molecule has 0 fully saturated rings. The van der Waals surface area contributed by atoms with E-state index in [0.29, 0.717) is 38.9 Å². The van der Waals surface area contributed by atoms with Crippen molar-refractivity contribution in [2.45, 2.75) is 25.3 Å². The Labute approximate surface area is 188 Å². The van der Waals surface area contributed by atoms with Crippen molar-refractivity contribution in [1.82, 2.24) is 9.97 Å². The molecule has 0 unspecified atom stereocenters. The molecule has 0 aliphatic carbocycles. The first-order chi connectivity index (χ1) is 14.5. The molecular weight excluding hydrogens is 471 g/mol. The summed E-state index contributed by atoms with van der Waals surface area (Å²) in [5.74, 6) is 1.57. The lowest BCUT2D eigenvalue weighted by molar-refractivity contribution is 0.391. The Hall–Kier alpha value is -2.52. The number of nitrogens with zero attached hydrogens (tertiary/aromatic N) is 3. The van der Waals surface area contributed by atoms with E-state index in [0.717, 1.165) is 5.56 Å². The molecule has 0 saturated carbocycles. The predicted octanol–water partition coefficient (Wildman–Crippen LogP) is 5.72. The van der Waals surface area contributed by atoms with E-state index in [2.05, 4.69) is 25.9 Å². The average Bonchev–Trinajstić information content (AvgIpc) is 2.79. The number of halogens is 2. The minimum atomic E-state index is -0.411. The molecule has 6 nitrogen and oxygen atoms in total. The normalized spacial score (nSPS) is 10.1. The van der Waals surface area contributed by atoms with Crippen molar-refractivity contribution in [3.05, 3.63) is 64.8 Å². The van der Waals surface area contributed by atoms with Gasteiger partial charge >= 0.3 is 0 Å². The van der Waals surface area contributed by atoms with E-state index in [4.69, 9.17) is 15.2 Å². The fourth-order valence-electron chi connectivity index (χ4n) is 2.46. The lowest BCUT2D eigenvalue weighted by Gasteiger charge is -2.23. The van der Waals surface area contributed by atoms with Crippen molar-refractivity contribution in [3.8, 4) is 11.5 Å². The number of hydrogen-bond acceptors (Lipinski definition) is 7. The summed E-state index contributed by atoms with van der Waals surface area (Å²) in [7, 11) is 3.19. The Morgan fingerprint density at radius 1 is 1.13 bits per heavy atom. The first kappa shape index (κ1) is 23.8. The van der Waals surface area contributed by atoms with Crippen LogP contribution in [0.4, 0.5) is 15.9 Å². The Morgan fingerprint density at radius 2 is 1.90 bits per heavy atom. The number of nitrogens with two attached hydrogens (primary N) is 1. The highest BCUT2D eigenvalue weighted by Gasteiger charge is 2.17. The molecule has 2 aromatic carbocycles. The summed E-state index contributed by atoms with van der Waals surface area (Å²) < 4.78 is 27.7. The second kappa shape index (κ2) is 11.6. The average molecular weight is 495 g/mol. The van der Waals surface area contributed by atoms with Crippen molar-refractivity contribution >= 4 is 39.4 Å². The number of hydrogen-bond donors (Lipinski definition) is 1. The Bertz CT molecular complexity index is 963. The van der Waals surface area contributed by atoms with Gasteiger partial charge in [-0.15, -0.1) is 0 Å². The van der Waals surface area contributed by atoms with E-state index >= 15 is 0 Å². The SMILES string of the molecule is CC.COc1ccc(CN(Sc2cc(Br)c(N)cc2F)c2ccncn2)c(OC)c1. The van der Waals surface area contributed by atoms with Gasteiger partial charge in [0.2, 0.25) is 0 Å². The van der Waals surface area contributed by atoms with Crippen LogP contribution >= 0.6 is 27.9 Å². The molecule has 30 heavy (non-hydrogen) atoms. The van der Waals surface area contributed by atoms with Gasteiger partial charge in [-0.05, 0) is 58.2 Å². The molecule has 3 aromatic rings. The molecule has 0 spiro atoms. The van der Waals surface area contributed by atoms with Crippen LogP contribution in [0.15, 0.2) is 58.3 Å². The second-order valence-electron chi connectivity index (χ2n) is 5.68. The zero-order valence-corrected chi connectivity index (χ0v) is 19.6. The molecule has 0 bridgehead atoms. The van der Waals surface area contributed by atoms with Crippen LogP contribution in [0.5, 0.6) is 11.5 Å². The standard InChI is InChI=1S/C19H18BrFN4O2S.C2H6/c1-26-13-4-3-12(17(7-13)27-2)10-25(19-5-6-23-11-24-19)28-18-8-14(20)16(22)9-15(18)21;1-2/h3-9,11H,10,22H2,1-2H3;1-2H3. The smallest absolute Gasteiger partial charge is 0.142 e. The molecule has 3 rings (SSSR count). The van der Waals surface area contributed by atoms with Crippen molar-refractivity contribution in [2.75, 3.05) is 24.3 Å². The van der Waals surface area contributed by atoms with Gasteiger partial charge in [-0.1, -0.05) is 13.8 Å². The van der Waals surface area contributed by atoms with Crippen LogP contribution in [0.2, 0.25) is 0 Å². The summed E-state index contributed by atoms with van der Waals surface area (Å²) in [6.07, 6.45) is 3.08. The molecule has 0 aliphatic rings. The van der Waals surface area contributed by atoms with Gasteiger partial charge in [0, 0.05) is 28.0 Å². The number of rotatable bonds is 7. The zero-order chi connectivity index (χ0) is 22.1. The molecule has 0 radical (unpaired) electrons. The van der Waals surface area contributed by atoms with Gasteiger partial charge in [0.15, 0.2) is 0 Å². The zero-order valence-electron chi connectivity index (χ0n) is 17.2. The molecule has 1 heterocycles. The summed E-state index contributed by atoms with van der Waals surface area (Å²) in [4.78, 5) is 8.66. The number of ether oxygens (including phenoxy) is 2. The van der Waals surface area contributed by atoms with Crippen LogP contribution in [0, 0.1) is 5.82 Å². The Kier molecular flexibility index (Phi) is 9.19. The third-order valence-corrected chi connectivity index (χ3v) is 5.62. The third kappa shape index (κ3) is 5.99. The van der Waals surface area contributed by atoms with E-state index in [1.165, 1.54) is 24.3 Å².